The second-order valence-corrected chi connectivity index (χ2v) is 6.17. The maximum absolute atomic E-state index is 12.3. The molecule has 1 rings (SSSR count). The van der Waals surface area contributed by atoms with E-state index in [0.29, 0.717) is 26.1 Å². The minimum atomic E-state index is -0.190. The van der Waals surface area contributed by atoms with Crippen molar-refractivity contribution in [1.29, 1.82) is 0 Å². The molecule has 5 nitrogen and oxygen atoms in total. The normalized spacial score (nSPS) is 21.2. The zero-order valence-corrected chi connectivity index (χ0v) is 13.4. The summed E-state index contributed by atoms with van der Waals surface area (Å²) in [6, 6.07) is -0.0824. The van der Waals surface area contributed by atoms with Gasteiger partial charge in [-0.1, -0.05) is 27.2 Å². The van der Waals surface area contributed by atoms with Crippen molar-refractivity contribution in [2.75, 3.05) is 19.6 Å². The molecule has 0 aromatic rings. The molecule has 2 atom stereocenters. The lowest BCUT2D eigenvalue weighted by Crippen LogP contribution is -2.71. The molecule has 0 bridgehead atoms. The van der Waals surface area contributed by atoms with Crippen molar-refractivity contribution in [1.82, 2.24) is 9.80 Å². The third kappa shape index (κ3) is 4.20. The highest BCUT2D eigenvalue weighted by Gasteiger charge is 2.33. The van der Waals surface area contributed by atoms with Gasteiger partial charge in [-0.2, -0.15) is 0 Å². The number of unbranched alkanes of at least 4 members (excludes halogenated alkanes) is 1. The number of amides is 2. The van der Waals surface area contributed by atoms with Gasteiger partial charge in [0.2, 0.25) is 5.91 Å². The molecule has 0 aromatic heterocycles. The average Bonchev–Trinajstić information content (AvgIpc) is 2.42. The summed E-state index contributed by atoms with van der Waals surface area (Å²) in [7, 11) is 0. The van der Waals surface area contributed by atoms with E-state index in [1.807, 2.05) is 30.6 Å². The minimum Gasteiger partial charge on any atom is -0.347 e. The Morgan fingerprint density at radius 2 is 1.95 bits per heavy atom. The maximum atomic E-state index is 12.3. The lowest BCUT2D eigenvalue weighted by Gasteiger charge is -2.40. The molecule has 5 heteroatoms. The van der Waals surface area contributed by atoms with E-state index in [-0.39, 0.29) is 29.8 Å². The van der Waals surface area contributed by atoms with E-state index in [9.17, 15) is 9.59 Å². The number of carbonyl (C=O) groups excluding carboxylic acids is 2. The van der Waals surface area contributed by atoms with Crippen molar-refractivity contribution in [3.05, 3.63) is 0 Å². The zero-order valence-electron chi connectivity index (χ0n) is 13.4. The number of quaternary nitrogens is 1. The summed E-state index contributed by atoms with van der Waals surface area (Å²) >= 11 is 0. The first-order chi connectivity index (χ1) is 9.38. The van der Waals surface area contributed by atoms with Crippen LogP contribution in [0.15, 0.2) is 0 Å². The lowest BCUT2D eigenvalue weighted by atomic mass is 10.0. The predicted molar refractivity (Wildman–Crippen MR) is 78.8 cm³/mol. The van der Waals surface area contributed by atoms with Gasteiger partial charge in [0.05, 0.1) is 0 Å². The second-order valence-electron chi connectivity index (χ2n) is 6.17. The number of piperazine rings is 1. The van der Waals surface area contributed by atoms with Gasteiger partial charge in [-0.25, -0.2) is 0 Å². The summed E-state index contributed by atoms with van der Waals surface area (Å²) in [5, 5.41) is 0. The van der Waals surface area contributed by atoms with E-state index in [0.717, 1.165) is 12.8 Å². The van der Waals surface area contributed by atoms with E-state index < -0.39 is 0 Å². The molecule has 116 valence electrons. The van der Waals surface area contributed by atoms with E-state index in [4.69, 9.17) is 0 Å². The molecule has 3 N–H and O–H groups in total. The highest BCUT2D eigenvalue weighted by molar-refractivity contribution is 5.81. The smallest absolute Gasteiger partial charge is 0.281 e. The van der Waals surface area contributed by atoms with Crippen LogP contribution >= 0.6 is 0 Å². The Labute approximate surface area is 122 Å². The van der Waals surface area contributed by atoms with Gasteiger partial charge in [-0.15, -0.1) is 0 Å². The van der Waals surface area contributed by atoms with Crippen molar-refractivity contribution >= 4 is 11.8 Å². The Balaban J connectivity index is 2.54. The van der Waals surface area contributed by atoms with Crippen LogP contribution in [0.4, 0.5) is 0 Å². The van der Waals surface area contributed by atoms with Crippen LogP contribution in [0.2, 0.25) is 0 Å². The Kier molecular flexibility index (Phi) is 6.46. The van der Waals surface area contributed by atoms with Crippen LogP contribution in [-0.2, 0) is 9.59 Å². The molecule has 1 saturated heterocycles. The lowest BCUT2D eigenvalue weighted by molar-refractivity contribution is -0.416. The van der Waals surface area contributed by atoms with Crippen molar-refractivity contribution in [3.63, 3.8) is 0 Å². The minimum absolute atomic E-state index is 0.108. The van der Waals surface area contributed by atoms with Gasteiger partial charge in [0.1, 0.15) is 0 Å². The Morgan fingerprint density at radius 3 is 2.45 bits per heavy atom. The molecule has 0 radical (unpaired) electrons. The largest absolute Gasteiger partial charge is 0.347 e. The molecule has 1 aliphatic heterocycles. The Bertz CT molecular complexity index is 344. The highest BCUT2D eigenvalue weighted by Crippen LogP contribution is 2.14. The number of hydrogen-bond donors (Lipinski definition) is 1. The van der Waals surface area contributed by atoms with Crippen LogP contribution in [0.25, 0.3) is 0 Å². The van der Waals surface area contributed by atoms with E-state index in [2.05, 4.69) is 12.7 Å². The molecular weight excluding hydrogens is 254 g/mol. The number of nitrogens with zero attached hydrogens (tertiary/aromatic N) is 2. The summed E-state index contributed by atoms with van der Waals surface area (Å²) in [5.74, 6) is 0.594. The van der Waals surface area contributed by atoms with Crippen molar-refractivity contribution < 1.29 is 15.3 Å². The molecule has 0 spiro atoms. The summed E-state index contributed by atoms with van der Waals surface area (Å²) in [6.45, 7) is 10.1. The molecule has 0 aliphatic carbocycles. The van der Waals surface area contributed by atoms with Gasteiger partial charge in [-0.3, -0.25) is 9.59 Å². The fourth-order valence-corrected chi connectivity index (χ4v) is 2.52. The fraction of sp³-hybridized carbons (Fsp3) is 0.867. The van der Waals surface area contributed by atoms with Gasteiger partial charge in [0, 0.05) is 38.0 Å². The van der Waals surface area contributed by atoms with Crippen molar-refractivity contribution in [3.8, 4) is 0 Å². The topological polar surface area (TPSA) is 68.3 Å². The first-order valence-electron chi connectivity index (χ1n) is 7.79. The Hall–Kier alpha value is -1.10. The molecule has 20 heavy (non-hydrogen) atoms. The van der Waals surface area contributed by atoms with Crippen LogP contribution in [-0.4, -0.2) is 53.3 Å². The number of rotatable bonds is 5. The van der Waals surface area contributed by atoms with E-state index >= 15 is 0 Å². The van der Waals surface area contributed by atoms with Gasteiger partial charge in [0.15, 0.2) is 6.04 Å². The van der Waals surface area contributed by atoms with E-state index in [1.165, 1.54) is 0 Å². The molecule has 1 aliphatic rings. The first-order valence-corrected chi connectivity index (χ1v) is 7.79. The summed E-state index contributed by atoms with van der Waals surface area (Å²) in [6.07, 6.45) is 2.61. The zero-order chi connectivity index (χ0) is 15.3. The van der Waals surface area contributed by atoms with Gasteiger partial charge in [-0.05, 0) is 13.3 Å². The molecule has 1 fully saturated rings. The summed E-state index contributed by atoms with van der Waals surface area (Å²) in [5.41, 5.74) is 3.96. The second kappa shape index (κ2) is 7.62. The standard InChI is InChI=1S/C15H29N3O2/c1-5-6-7-13(19)18-9-8-17(10-12(18)4)15(20)14(16)11(2)3/h11-12,14H,5-10,16H2,1-4H3/p+1/t12-,14+/m0/s1. The third-order valence-corrected chi connectivity index (χ3v) is 4.13. The molecule has 0 saturated carbocycles. The predicted octanol–water partition coefficient (Wildman–Crippen LogP) is 0.502. The molecular formula is C15H30N3O2+. The third-order valence-electron chi connectivity index (χ3n) is 4.13. The highest BCUT2D eigenvalue weighted by atomic mass is 16.2. The quantitative estimate of drug-likeness (QED) is 0.799. The Morgan fingerprint density at radius 1 is 1.30 bits per heavy atom. The van der Waals surface area contributed by atoms with Gasteiger partial charge in [0.25, 0.3) is 5.91 Å². The molecule has 2 amide bonds. The monoisotopic (exact) mass is 284 g/mol. The summed E-state index contributed by atoms with van der Waals surface area (Å²) in [4.78, 5) is 28.2. The van der Waals surface area contributed by atoms with Crippen LogP contribution in [0, 0.1) is 5.92 Å². The van der Waals surface area contributed by atoms with Gasteiger partial charge < -0.3 is 15.5 Å². The summed E-state index contributed by atoms with van der Waals surface area (Å²) < 4.78 is 0. The maximum Gasteiger partial charge on any atom is 0.281 e. The molecule has 1 heterocycles. The molecule has 0 unspecified atom stereocenters. The van der Waals surface area contributed by atoms with Crippen molar-refractivity contribution in [2.24, 2.45) is 5.92 Å². The van der Waals surface area contributed by atoms with Crippen LogP contribution in [0.3, 0.4) is 0 Å². The molecule has 0 aromatic carbocycles. The SMILES string of the molecule is CCCCC(=O)N1CCN(C(=O)[C@H]([NH3+])C(C)C)C[C@@H]1C. The number of hydrogen-bond acceptors (Lipinski definition) is 2. The van der Waals surface area contributed by atoms with Crippen LogP contribution in [0.5, 0.6) is 0 Å². The van der Waals surface area contributed by atoms with Gasteiger partial charge >= 0.3 is 0 Å². The average molecular weight is 284 g/mol. The van der Waals surface area contributed by atoms with E-state index in [1.54, 1.807) is 0 Å². The fourth-order valence-electron chi connectivity index (χ4n) is 2.52. The number of carbonyl (C=O) groups is 2. The van der Waals surface area contributed by atoms with Crippen molar-refractivity contribution in [2.45, 2.75) is 59.0 Å². The van der Waals surface area contributed by atoms with Crippen LogP contribution in [0.1, 0.15) is 47.0 Å². The first kappa shape index (κ1) is 17.0. The van der Waals surface area contributed by atoms with Crippen LogP contribution < -0.4 is 5.73 Å².